The molecule has 2 saturated carbocycles. The Morgan fingerprint density at radius 2 is 1.88 bits per heavy atom. The Hall–Kier alpha value is -2.03. The van der Waals surface area contributed by atoms with Gasteiger partial charge in [-0.05, 0) is 25.7 Å². The molecule has 5 N–H and O–H groups in total. The number of hydrogen-bond acceptors (Lipinski definition) is 6. The van der Waals surface area contributed by atoms with E-state index in [1.807, 2.05) is 0 Å². The summed E-state index contributed by atoms with van der Waals surface area (Å²) < 4.78 is 25.9. The van der Waals surface area contributed by atoms with Gasteiger partial charge in [-0.25, -0.2) is 13.8 Å². The van der Waals surface area contributed by atoms with Crippen LogP contribution in [0.1, 0.15) is 48.9 Å². The molecule has 2 fully saturated rings. The van der Waals surface area contributed by atoms with Gasteiger partial charge < -0.3 is 21.5 Å². The topological polar surface area (TPSA) is 113 Å². The Labute approximate surface area is 138 Å². The van der Waals surface area contributed by atoms with Gasteiger partial charge in [0, 0.05) is 31.1 Å². The Balaban J connectivity index is 1.69. The van der Waals surface area contributed by atoms with Crippen LogP contribution in [0.2, 0.25) is 0 Å². The lowest BCUT2D eigenvalue weighted by atomic mass is 9.88. The van der Waals surface area contributed by atoms with Crippen LogP contribution in [0.3, 0.4) is 0 Å². The zero-order chi connectivity index (χ0) is 17.3. The maximum atomic E-state index is 13.0. The number of rotatable bonds is 5. The molecule has 3 rings (SSSR count). The molecule has 0 aliphatic heterocycles. The van der Waals surface area contributed by atoms with Crippen LogP contribution in [-0.2, 0) is 0 Å². The molecule has 1 heterocycles. The van der Waals surface area contributed by atoms with E-state index >= 15 is 0 Å². The second-order valence-corrected chi connectivity index (χ2v) is 6.58. The van der Waals surface area contributed by atoms with Crippen LogP contribution in [-0.4, -0.2) is 45.1 Å². The largest absolute Gasteiger partial charge is 0.393 e. The fourth-order valence-corrected chi connectivity index (χ4v) is 3.10. The normalized spacial score (nSPS) is 26.5. The summed E-state index contributed by atoms with van der Waals surface area (Å²) in [5, 5.41) is 15.5. The van der Waals surface area contributed by atoms with E-state index in [-0.39, 0.29) is 36.4 Å². The Kier molecular flexibility index (Phi) is 4.53. The highest BCUT2D eigenvalue weighted by Crippen LogP contribution is 2.39. The minimum Gasteiger partial charge on any atom is -0.393 e. The zero-order valence-electron chi connectivity index (χ0n) is 13.1. The number of carbonyl (C=O) groups is 1. The third-order valence-corrected chi connectivity index (χ3v) is 4.52. The standard InChI is InChI=1S/C15H21F2N5O2/c16-15(17)5-9(6-15)20-13-11(12(18)24)7-19-14(22-13)21-8-1-3-10(23)4-2-8/h7-10,23H,1-6H2,(H2,18,24)(H2,19,20,21,22)/t8-,10-. The molecule has 132 valence electrons. The summed E-state index contributed by atoms with van der Waals surface area (Å²) in [5.41, 5.74) is 5.38. The second-order valence-electron chi connectivity index (χ2n) is 6.58. The van der Waals surface area contributed by atoms with Crippen molar-refractivity contribution in [3.8, 4) is 0 Å². The molecule has 1 aromatic rings. The van der Waals surface area contributed by atoms with Gasteiger partial charge in [-0.2, -0.15) is 4.98 Å². The van der Waals surface area contributed by atoms with Crippen molar-refractivity contribution < 1.29 is 18.7 Å². The number of aliphatic hydroxyl groups excluding tert-OH is 1. The third kappa shape index (κ3) is 3.89. The molecule has 0 unspecified atom stereocenters. The number of nitrogens with one attached hydrogen (secondary N) is 2. The molecule has 0 bridgehead atoms. The number of aromatic nitrogens is 2. The number of alkyl halides is 2. The molecule has 2 aliphatic carbocycles. The molecule has 0 saturated heterocycles. The predicted molar refractivity (Wildman–Crippen MR) is 84.0 cm³/mol. The van der Waals surface area contributed by atoms with E-state index in [2.05, 4.69) is 20.6 Å². The van der Waals surface area contributed by atoms with Crippen molar-refractivity contribution in [2.75, 3.05) is 10.6 Å². The van der Waals surface area contributed by atoms with Crippen molar-refractivity contribution in [1.29, 1.82) is 0 Å². The highest BCUT2D eigenvalue weighted by atomic mass is 19.3. The van der Waals surface area contributed by atoms with Gasteiger partial charge in [-0.3, -0.25) is 4.79 Å². The van der Waals surface area contributed by atoms with Crippen molar-refractivity contribution >= 4 is 17.7 Å². The van der Waals surface area contributed by atoms with E-state index < -0.39 is 17.9 Å². The molecule has 24 heavy (non-hydrogen) atoms. The third-order valence-electron chi connectivity index (χ3n) is 4.52. The summed E-state index contributed by atoms with van der Waals surface area (Å²) in [6.07, 6.45) is 3.45. The molecular weight excluding hydrogens is 320 g/mol. The summed E-state index contributed by atoms with van der Waals surface area (Å²) in [6.45, 7) is 0. The highest BCUT2D eigenvalue weighted by Gasteiger charge is 2.45. The maximum Gasteiger partial charge on any atom is 0.254 e. The van der Waals surface area contributed by atoms with Gasteiger partial charge in [0.15, 0.2) is 0 Å². The maximum absolute atomic E-state index is 13.0. The van der Waals surface area contributed by atoms with Gasteiger partial charge in [0.05, 0.1) is 11.7 Å². The van der Waals surface area contributed by atoms with Gasteiger partial charge in [-0.15, -0.1) is 0 Å². The first kappa shape index (κ1) is 16.8. The van der Waals surface area contributed by atoms with E-state index in [4.69, 9.17) is 5.73 Å². The predicted octanol–water partition coefficient (Wildman–Crippen LogP) is 1.50. The van der Waals surface area contributed by atoms with Crippen molar-refractivity contribution in [3.05, 3.63) is 11.8 Å². The van der Waals surface area contributed by atoms with E-state index in [0.717, 1.165) is 12.8 Å². The van der Waals surface area contributed by atoms with Crippen LogP contribution < -0.4 is 16.4 Å². The molecule has 0 atom stereocenters. The van der Waals surface area contributed by atoms with Crippen molar-refractivity contribution in [2.24, 2.45) is 5.73 Å². The van der Waals surface area contributed by atoms with E-state index in [9.17, 15) is 18.7 Å². The average molecular weight is 341 g/mol. The lowest BCUT2D eigenvalue weighted by Crippen LogP contribution is -2.44. The first-order valence-electron chi connectivity index (χ1n) is 8.08. The molecule has 7 nitrogen and oxygen atoms in total. The summed E-state index contributed by atoms with van der Waals surface area (Å²) in [4.78, 5) is 19.8. The molecule has 0 spiro atoms. The van der Waals surface area contributed by atoms with Crippen molar-refractivity contribution in [3.63, 3.8) is 0 Å². The smallest absolute Gasteiger partial charge is 0.254 e. The van der Waals surface area contributed by atoms with Crippen LogP contribution in [0.15, 0.2) is 6.20 Å². The number of hydrogen-bond donors (Lipinski definition) is 4. The van der Waals surface area contributed by atoms with Crippen LogP contribution in [0.5, 0.6) is 0 Å². The van der Waals surface area contributed by atoms with E-state index in [0.29, 0.717) is 18.8 Å². The average Bonchev–Trinajstić information content (AvgIpc) is 2.48. The van der Waals surface area contributed by atoms with E-state index in [1.54, 1.807) is 0 Å². The molecule has 1 aromatic heterocycles. The Morgan fingerprint density at radius 3 is 2.46 bits per heavy atom. The quantitative estimate of drug-likeness (QED) is 0.645. The number of carbonyl (C=O) groups excluding carboxylic acids is 1. The first-order valence-corrected chi connectivity index (χ1v) is 8.08. The van der Waals surface area contributed by atoms with Gasteiger partial charge in [0.1, 0.15) is 5.82 Å². The first-order chi connectivity index (χ1) is 11.3. The van der Waals surface area contributed by atoms with Gasteiger partial charge in [-0.1, -0.05) is 0 Å². The van der Waals surface area contributed by atoms with Crippen molar-refractivity contribution in [1.82, 2.24) is 9.97 Å². The number of nitrogens with zero attached hydrogens (tertiary/aromatic N) is 2. The van der Waals surface area contributed by atoms with E-state index in [1.165, 1.54) is 6.20 Å². The number of nitrogens with two attached hydrogens (primary N) is 1. The van der Waals surface area contributed by atoms with Crippen LogP contribution >= 0.6 is 0 Å². The Bertz CT molecular complexity index is 612. The summed E-state index contributed by atoms with van der Waals surface area (Å²) in [5.74, 6) is -2.89. The zero-order valence-corrected chi connectivity index (χ0v) is 13.1. The number of anilines is 2. The lowest BCUT2D eigenvalue weighted by Gasteiger charge is -2.36. The fraction of sp³-hybridized carbons (Fsp3) is 0.667. The second kappa shape index (κ2) is 6.46. The summed E-state index contributed by atoms with van der Waals surface area (Å²) in [7, 11) is 0. The molecular formula is C15H21F2N5O2. The Morgan fingerprint density at radius 1 is 1.21 bits per heavy atom. The number of amides is 1. The van der Waals surface area contributed by atoms with Gasteiger partial charge >= 0.3 is 0 Å². The van der Waals surface area contributed by atoms with Crippen LogP contribution in [0, 0.1) is 0 Å². The molecule has 2 aliphatic rings. The van der Waals surface area contributed by atoms with Gasteiger partial charge in [0.25, 0.3) is 11.8 Å². The number of halogens is 2. The number of primary amides is 1. The molecule has 1 amide bonds. The SMILES string of the molecule is NC(=O)c1cnc(N[C@H]2CC[C@H](O)CC2)nc1NC1CC(F)(F)C1. The minimum absolute atomic E-state index is 0.0785. The monoisotopic (exact) mass is 341 g/mol. The van der Waals surface area contributed by atoms with Gasteiger partial charge in [0.2, 0.25) is 5.95 Å². The minimum atomic E-state index is -2.67. The van der Waals surface area contributed by atoms with Crippen LogP contribution in [0.25, 0.3) is 0 Å². The molecule has 0 aromatic carbocycles. The summed E-state index contributed by atoms with van der Waals surface area (Å²) in [6, 6.07) is -0.306. The fourth-order valence-electron chi connectivity index (χ4n) is 3.10. The molecule has 9 heteroatoms. The lowest BCUT2D eigenvalue weighted by molar-refractivity contribution is -0.0794. The molecule has 0 radical (unpaired) electrons. The number of aliphatic hydroxyl groups is 1. The van der Waals surface area contributed by atoms with Crippen LogP contribution in [0.4, 0.5) is 20.5 Å². The van der Waals surface area contributed by atoms with Crippen molar-refractivity contribution in [2.45, 2.75) is 62.6 Å². The summed E-state index contributed by atoms with van der Waals surface area (Å²) >= 11 is 0. The highest BCUT2D eigenvalue weighted by molar-refractivity contribution is 5.97.